The van der Waals surface area contributed by atoms with E-state index in [0.717, 1.165) is 26.8 Å². The van der Waals surface area contributed by atoms with Crippen LogP contribution in [-0.2, 0) is 22.6 Å². The van der Waals surface area contributed by atoms with Crippen LogP contribution in [-0.4, -0.2) is 34.2 Å². The molecule has 0 radical (unpaired) electrons. The van der Waals surface area contributed by atoms with Crippen molar-refractivity contribution in [3.8, 4) is 5.75 Å². The molecule has 10 nitrogen and oxygen atoms in total. The number of carbonyl (C=O) groups excluding carboxylic acids is 3. The average molecular weight is 551 g/mol. The number of urea groups is 1. The number of fused-ring (bicyclic) bond motifs is 1. The summed E-state index contributed by atoms with van der Waals surface area (Å²) in [4.78, 5) is 50.0. The third-order valence-corrected chi connectivity index (χ3v) is 6.70. The van der Waals surface area contributed by atoms with Gasteiger partial charge in [0, 0.05) is 23.4 Å². The predicted molar refractivity (Wildman–Crippen MR) is 154 cm³/mol. The van der Waals surface area contributed by atoms with E-state index >= 15 is 0 Å². The highest BCUT2D eigenvalue weighted by molar-refractivity contribution is 6.16. The molecule has 4 aromatic rings. The van der Waals surface area contributed by atoms with Crippen molar-refractivity contribution in [3.05, 3.63) is 117 Å². The van der Waals surface area contributed by atoms with Crippen LogP contribution in [0.1, 0.15) is 23.6 Å². The Kier molecular flexibility index (Phi) is 7.73. The number of nitrogens with one attached hydrogen (secondary N) is 2. The van der Waals surface area contributed by atoms with E-state index in [0.29, 0.717) is 23.4 Å². The van der Waals surface area contributed by atoms with Gasteiger partial charge in [-0.3, -0.25) is 19.7 Å². The molecule has 206 valence electrons. The van der Waals surface area contributed by atoms with Crippen molar-refractivity contribution in [2.75, 3.05) is 11.9 Å². The summed E-state index contributed by atoms with van der Waals surface area (Å²) >= 11 is 0. The number of carbonyl (C=O) groups is 3. The first-order chi connectivity index (χ1) is 19.8. The van der Waals surface area contributed by atoms with Crippen molar-refractivity contribution in [2.45, 2.75) is 20.0 Å². The van der Waals surface area contributed by atoms with Crippen molar-refractivity contribution in [3.63, 3.8) is 0 Å². The van der Waals surface area contributed by atoms with E-state index in [1.807, 2.05) is 49.4 Å². The Labute approximate surface area is 235 Å². The monoisotopic (exact) mass is 550 g/mol. The SMILES string of the molecule is CCc1ccccc1NC(=O)CN1C(=O)N/C(=C/c2c(OCc3ccc([N+](=O)[O-])cc3)ccc3ccccc23)C1=O. The summed E-state index contributed by atoms with van der Waals surface area (Å²) in [6.07, 6.45) is 2.25. The van der Waals surface area contributed by atoms with Crippen LogP contribution in [0.5, 0.6) is 5.75 Å². The van der Waals surface area contributed by atoms with E-state index in [2.05, 4.69) is 10.6 Å². The summed E-state index contributed by atoms with van der Waals surface area (Å²) in [6.45, 7) is 1.65. The molecule has 5 rings (SSSR count). The van der Waals surface area contributed by atoms with E-state index < -0.39 is 29.3 Å². The fourth-order valence-electron chi connectivity index (χ4n) is 4.57. The van der Waals surface area contributed by atoms with Crippen LogP contribution in [0.3, 0.4) is 0 Å². The predicted octanol–water partition coefficient (Wildman–Crippen LogP) is 5.42. The Morgan fingerprint density at radius 1 is 1.00 bits per heavy atom. The lowest BCUT2D eigenvalue weighted by Gasteiger charge is -2.14. The third kappa shape index (κ3) is 5.91. The van der Waals surface area contributed by atoms with Crippen LogP contribution in [0, 0.1) is 10.1 Å². The zero-order valence-corrected chi connectivity index (χ0v) is 22.1. The molecule has 4 aromatic carbocycles. The molecule has 1 aliphatic heterocycles. The highest BCUT2D eigenvalue weighted by atomic mass is 16.6. The molecular formula is C31H26N4O6. The number of imide groups is 1. The highest BCUT2D eigenvalue weighted by Gasteiger charge is 2.35. The summed E-state index contributed by atoms with van der Waals surface area (Å²) in [6, 6.07) is 23.8. The Bertz CT molecular complexity index is 1700. The molecule has 0 bridgehead atoms. The van der Waals surface area contributed by atoms with Gasteiger partial charge in [0.25, 0.3) is 11.6 Å². The second-order valence-electron chi connectivity index (χ2n) is 9.35. The topological polar surface area (TPSA) is 131 Å². The lowest BCUT2D eigenvalue weighted by atomic mass is 10.0. The smallest absolute Gasteiger partial charge is 0.329 e. The Morgan fingerprint density at radius 2 is 1.73 bits per heavy atom. The van der Waals surface area contributed by atoms with Crippen molar-refractivity contribution in [1.29, 1.82) is 0 Å². The second-order valence-corrected chi connectivity index (χ2v) is 9.35. The van der Waals surface area contributed by atoms with Crippen LogP contribution in [0.15, 0.2) is 90.6 Å². The molecule has 0 unspecified atom stereocenters. The first-order valence-electron chi connectivity index (χ1n) is 12.9. The van der Waals surface area contributed by atoms with Crippen LogP contribution in [0.4, 0.5) is 16.2 Å². The average Bonchev–Trinajstić information content (AvgIpc) is 3.24. The summed E-state index contributed by atoms with van der Waals surface area (Å²) < 4.78 is 6.07. The van der Waals surface area contributed by atoms with Gasteiger partial charge in [0.05, 0.1) is 4.92 Å². The molecule has 0 aliphatic carbocycles. The maximum atomic E-state index is 13.2. The molecular weight excluding hydrogens is 524 g/mol. The first-order valence-corrected chi connectivity index (χ1v) is 12.9. The minimum absolute atomic E-state index is 0.00768. The van der Waals surface area contributed by atoms with Gasteiger partial charge in [-0.1, -0.05) is 55.5 Å². The Hall–Kier alpha value is -5.51. The summed E-state index contributed by atoms with van der Waals surface area (Å²) in [5.74, 6) is -0.680. The van der Waals surface area contributed by atoms with Crippen LogP contribution >= 0.6 is 0 Å². The van der Waals surface area contributed by atoms with Gasteiger partial charge in [0.15, 0.2) is 0 Å². The number of ether oxygens (including phenoxy) is 1. The molecule has 1 aliphatic rings. The van der Waals surface area contributed by atoms with Crippen LogP contribution in [0.25, 0.3) is 16.8 Å². The third-order valence-electron chi connectivity index (χ3n) is 6.70. The lowest BCUT2D eigenvalue weighted by Crippen LogP contribution is -2.38. The minimum Gasteiger partial charge on any atom is -0.488 e. The maximum absolute atomic E-state index is 13.2. The van der Waals surface area contributed by atoms with Gasteiger partial charge in [-0.2, -0.15) is 0 Å². The van der Waals surface area contributed by atoms with Gasteiger partial charge in [0.2, 0.25) is 5.91 Å². The summed E-state index contributed by atoms with van der Waals surface area (Å²) in [5.41, 5.74) is 2.84. The number of para-hydroxylation sites is 1. The number of hydrogen-bond acceptors (Lipinski definition) is 6. The van der Waals surface area contributed by atoms with Gasteiger partial charge in [0.1, 0.15) is 24.6 Å². The molecule has 41 heavy (non-hydrogen) atoms. The van der Waals surface area contributed by atoms with E-state index in [-0.39, 0.29) is 18.0 Å². The quantitative estimate of drug-likeness (QED) is 0.124. The second kappa shape index (κ2) is 11.7. The van der Waals surface area contributed by atoms with E-state index in [9.17, 15) is 24.5 Å². The Morgan fingerprint density at radius 3 is 2.49 bits per heavy atom. The fraction of sp³-hybridized carbons (Fsp3) is 0.129. The van der Waals surface area contributed by atoms with E-state index in [1.54, 1.807) is 30.3 Å². The van der Waals surface area contributed by atoms with E-state index in [1.165, 1.54) is 18.2 Å². The largest absolute Gasteiger partial charge is 0.488 e. The molecule has 1 heterocycles. The zero-order chi connectivity index (χ0) is 28.9. The van der Waals surface area contributed by atoms with Gasteiger partial charge in [-0.15, -0.1) is 0 Å². The maximum Gasteiger partial charge on any atom is 0.329 e. The van der Waals surface area contributed by atoms with E-state index in [4.69, 9.17) is 4.74 Å². The number of nitrogens with zero attached hydrogens (tertiary/aromatic N) is 2. The minimum atomic E-state index is -0.700. The number of rotatable bonds is 9. The molecule has 0 atom stereocenters. The molecule has 10 heteroatoms. The van der Waals surface area contributed by atoms with Crippen LogP contribution in [0.2, 0.25) is 0 Å². The number of anilines is 1. The molecule has 4 amide bonds. The standard InChI is InChI=1S/C31H26N4O6/c1-2-21-7-4-6-10-26(21)32-29(36)18-34-30(37)27(33-31(34)38)17-25-24-9-5-3-8-22(24)13-16-28(25)41-19-20-11-14-23(15-12-20)35(39)40/h3-17H,2,18-19H2,1H3,(H,32,36)(H,33,38)/b27-17+. The number of nitro groups is 1. The van der Waals surface area contributed by atoms with Gasteiger partial charge >= 0.3 is 6.03 Å². The number of benzene rings is 4. The van der Waals surface area contributed by atoms with Gasteiger partial charge in [-0.05, 0) is 58.7 Å². The van der Waals surface area contributed by atoms with Crippen molar-refractivity contribution < 1.29 is 24.0 Å². The number of non-ortho nitro benzene ring substituents is 1. The number of amides is 4. The lowest BCUT2D eigenvalue weighted by molar-refractivity contribution is -0.384. The summed E-state index contributed by atoms with van der Waals surface area (Å²) in [5, 5.41) is 18.0. The molecule has 0 spiro atoms. The number of hydrogen-bond donors (Lipinski definition) is 2. The molecule has 0 saturated carbocycles. The molecule has 2 N–H and O–H groups in total. The highest BCUT2D eigenvalue weighted by Crippen LogP contribution is 2.32. The number of nitro benzene ring substituents is 1. The molecule has 1 fully saturated rings. The van der Waals surface area contributed by atoms with Crippen molar-refractivity contribution in [2.24, 2.45) is 0 Å². The first kappa shape index (κ1) is 27.1. The van der Waals surface area contributed by atoms with Gasteiger partial charge in [-0.25, -0.2) is 9.69 Å². The van der Waals surface area contributed by atoms with Gasteiger partial charge < -0.3 is 15.4 Å². The van der Waals surface area contributed by atoms with Crippen LogP contribution < -0.4 is 15.4 Å². The summed E-state index contributed by atoms with van der Waals surface area (Å²) in [7, 11) is 0. The fourth-order valence-corrected chi connectivity index (χ4v) is 4.57. The normalized spacial score (nSPS) is 13.9. The molecule has 1 saturated heterocycles. The van der Waals surface area contributed by atoms with Crippen molar-refractivity contribution in [1.82, 2.24) is 10.2 Å². The Balaban J connectivity index is 1.38. The zero-order valence-electron chi connectivity index (χ0n) is 22.1. The molecule has 0 aromatic heterocycles. The number of aryl methyl sites for hydroxylation is 1. The van der Waals surface area contributed by atoms with Crippen molar-refractivity contribution >= 4 is 46.1 Å².